The van der Waals surface area contributed by atoms with Crippen molar-refractivity contribution in [2.45, 2.75) is 117 Å². The molecule has 0 aliphatic heterocycles. The summed E-state index contributed by atoms with van der Waals surface area (Å²) in [5.74, 6) is -0.680. The van der Waals surface area contributed by atoms with Crippen LogP contribution in [0.4, 0.5) is 0 Å². The van der Waals surface area contributed by atoms with Crippen molar-refractivity contribution < 1.29 is 19.7 Å². The summed E-state index contributed by atoms with van der Waals surface area (Å²) in [4.78, 5) is 10.9. The van der Waals surface area contributed by atoms with E-state index < -0.39 is 18.7 Å². The number of ether oxygens (including phenoxy) is 1. The quantitative estimate of drug-likeness (QED) is 0.211. The smallest absolute Gasteiger partial charge is 0.331 e. The van der Waals surface area contributed by atoms with Crippen LogP contribution in [0.15, 0.2) is 0 Å². The minimum Gasteiger partial charge on any atom is -0.461 e. The van der Waals surface area contributed by atoms with Crippen molar-refractivity contribution in [3.05, 3.63) is 0 Å². The average molecular weight is 390 g/mol. The lowest BCUT2D eigenvalue weighted by Crippen LogP contribution is -2.34. The second-order valence-electron chi connectivity index (χ2n) is 8.34. The van der Waals surface area contributed by atoms with Gasteiger partial charge in [-0.1, -0.05) is 104 Å². The molecule has 0 aliphatic carbocycles. The maximum Gasteiger partial charge on any atom is 0.331 e. The zero-order chi connectivity index (χ0) is 19.7. The number of carbonyl (C=O) groups excluding carboxylic acids is 1. The fourth-order valence-corrected chi connectivity index (χ4v) is 3.21. The van der Waals surface area contributed by atoms with E-state index in [1.165, 1.54) is 77.0 Å². The molecule has 0 saturated heterocycles. The molecule has 5 heteroatoms. The number of unbranched alkanes of at least 4 members (excludes halogenated alkanes) is 12. The molecule has 0 bridgehead atoms. The third-order valence-electron chi connectivity index (χ3n) is 5.36. The molecule has 0 aromatic carbocycles. The summed E-state index contributed by atoms with van der Waals surface area (Å²) in [7, 11) is 0. The van der Waals surface area contributed by atoms with Crippen LogP contribution in [-0.2, 0) is 9.53 Å². The summed E-state index contributed by atoms with van der Waals surface area (Å²) in [6.07, 6.45) is 17.5. The normalized spacial score (nSPS) is 12.5. The van der Waals surface area contributed by atoms with E-state index in [-0.39, 0.29) is 18.2 Å². The first kappa shape index (κ1) is 28.6. The molecular weight excluding hydrogens is 342 g/mol. The minimum absolute atomic E-state index is 0. The Morgan fingerprint density at radius 3 is 1.67 bits per heavy atom. The van der Waals surface area contributed by atoms with Crippen molar-refractivity contribution in [3.63, 3.8) is 0 Å². The molecule has 0 aliphatic rings. The first-order valence-corrected chi connectivity index (χ1v) is 10.9. The van der Waals surface area contributed by atoms with Crippen LogP contribution in [0.25, 0.3) is 0 Å². The minimum atomic E-state index is -0.685. The lowest BCUT2D eigenvalue weighted by Gasteiger charge is -2.30. The highest BCUT2D eigenvalue weighted by Gasteiger charge is 2.28. The average Bonchev–Trinajstić information content (AvgIpc) is 2.63. The van der Waals surface area contributed by atoms with Crippen molar-refractivity contribution >= 4 is 5.97 Å². The van der Waals surface area contributed by atoms with Crippen LogP contribution < -0.4 is 6.15 Å². The summed E-state index contributed by atoms with van der Waals surface area (Å²) < 4.78 is 4.82. The Morgan fingerprint density at radius 1 is 0.852 bits per heavy atom. The van der Waals surface area contributed by atoms with Crippen LogP contribution in [0.5, 0.6) is 0 Å². The van der Waals surface area contributed by atoms with E-state index in [2.05, 4.69) is 6.92 Å². The van der Waals surface area contributed by atoms with Crippen molar-refractivity contribution in [2.24, 2.45) is 5.41 Å². The molecule has 0 amide bonds. The van der Waals surface area contributed by atoms with E-state index in [0.29, 0.717) is 0 Å². The fraction of sp³-hybridized carbons (Fsp3) is 0.955. The lowest BCUT2D eigenvalue weighted by molar-refractivity contribution is -0.152. The molecular formula is C22H47NO4. The Balaban J connectivity index is 0. The van der Waals surface area contributed by atoms with Gasteiger partial charge in [-0.25, -0.2) is 4.79 Å². The molecule has 0 rings (SSSR count). The Kier molecular flexibility index (Phi) is 19.8. The number of hydrogen-bond donors (Lipinski definition) is 3. The van der Waals surface area contributed by atoms with E-state index in [4.69, 9.17) is 9.84 Å². The Morgan fingerprint density at radius 2 is 1.26 bits per heavy atom. The molecule has 1 atom stereocenters. The summed E-state index contributed by atoms with van der Waals surface area (Å²) in [5.41, 5.74) is -0.270. The predicted octanol–water partition coefficient (Wildman–Crippen LogP) is 5.55. The number of esters is 1. The second-order valence-corrected chi connectivity index (χ2v) is 8.34. The molecule has 0 aromatic heterocycles. The van der Waals surface area contributed by atoms with Crippen molar-refractivity contribution in [1.29, 1.82) is 0 Å². The predicted molar refractivity (Wildman–Crippen MR) is 113 cm³/mol. The van der Waals surface area contributed by atoms with Gasteiger partial charge in [0, 0.05) is 0 Å². The Hall–Kier alpha value is -0.650. The maximum atomic E-state index is 10.9. The summed E-state index contributed by atoms with van der Waals surface area (Å²) in [5, 5.41) is 18.8. The second kappa shape index (κ2) is 18.7. The molecule has 0 aromatic rings. The van der Waals surface area contributed by atoms with Crippen LogP contribution in [0.3, 0.4) is 0 Å². The Bertz CT molecular complexity index is 334. The molecule has 5 N–H and O–H groups in total. The fourth-order valence-electron chi connectivity index (χ4n) is 3.21. The van der Waals surface area contributed by atoms with Gasteiger partial charge < -0.3 is 21.1 Å². The van der Waals surface area contributed by atoms with Gasteiger partial charge in [0.2, 0.25) is 0 Å². The molecule has 0 saturated carbocycles. The first-order valence-electron chi connectivity index (χ1n) is 10.9. The van der Waals surface area contributed by atoms with Gasteiger partial charge in [-0.15, -0.1) is 0 Å². The van der Waals surface area contributed by atoms with E-state index >= 15 is 0 Å². The highest BCUT2D eigenvalue weighted by molar-refractivity contribution is 5.70. The maximum absolute atomic E-state index is 10.9. The molecule has 1 unspecified atom stereocenters. The molecule has 0 radical (unpaired) electrons. The summed E-state index contributed by atoms with van der Waals surface area (Å²) in [6.45, 7) is 5.60. The standard InChI is InChI=1S/C22H44O4.H3N/c1-4-5-6-7-8-9-10-11-12-13-14-15-16-17-22(2,3)20(24)19-26-21(25)18-23;/h20,23-24H,4-19H2,1-3H3;1H3. The number of aliphatic hydroxyl groups excluding tert-OH is 2. The highest BCUT2D eigenvalue weighted by Crippen LogP contribution is 2.28. The van der Waals surface area contributed by atoms with Gasteiger partial charge in [0.05, 0.1) is 6.10 Å². The number of aliphatic hydroxyl groups is 2. The molecule has 0 heterocycles. The Labute approximate surface area is 167 Å². The van der Waals surface area contributed by atoms with Crippen LogP contribution in [-0.4, -0.2) is 35.5 Å². The van der Waals surface area contributed by atoms with E-state index in [1.807, 2.05) is 13.8 Å². The van der Waals surface area contributed by atoms with Gasteiger partial charge in [0.1, 0.15) is 13.2 Å². The molecule has 164 valence electrons. The number of rotatable bonds is 18. The van der Waals surface area contributed by atoms with Crippen molar-refractivity contribution in [2.75, 3.05) is 13.2 Å². The molecule has 27 heavy (non-hydrogen) atoms. The highest BCUT2D eigenvalue weighted by atomic mass is 16.6. The molecule has 5 nitrogen and oxygen atoms in total. The van der Waals surface area contributed by atoms with Crippen LogP contribution >= 0.6 is 0 Å². The van der Waals surface area contributed by atoms with Crippen molar-refractivity contribution in [3.8, 4) is 0 Å². The lowest BCUT2D eigenvalue weighted by atomic mass is 9.81. The van der Waals surface area contributed by atoms with Gasteiger partial charge >= 0.3 is 5.97 Å². The van der Waals surface area contributed by atoms with Gasteiger partial charge in [-0.3, -0.25) is 0 Å². The zero-order valence-corrected chi connectivity index (χ0v) is 18.3. The van der Waals surface area contributed by atoms with Crippen LogP contribution in [0.2, 0.25) is 0 Å². The van der Waals surface area contributed by atoms with Gasteiger partial charge in [0.25, 0.3) is 0 Å². The zero-order valence-electron chi connectivity index (χ0n) is 18.3. The third-order valence-corrected chi connectivity index (χ3v) is 5.36. The summed E-state index contributed by atoms with van der Waals surface area (Å²) >= 11 is 0. The van der Waals surface area contributed by atoms with E-state index in [1.54, 1.807) is 0 Å². The van der Waals surface area contributed by atoms with Gasteiger partial charge in [0.15, 0.2) is 0 Å². The summed E-state index contributed by atoms with van der Waals surface area (Å²) in [6, 6.07) is 0. The largest absolute Gasteiger partial charge is 0.461 e. The van der Waals surface area contributed by atoms with E-state index in [9.17, 15) is 9.90 Å². The molecule has 0 spiro atoms. The molecule has 0 fully saturated rings. The first-order chi connectivity index (χ1) is 12.4. The monoisotopic (exact) mass is 389 g/mol. The van der Waals surface area contributed by atoms with E-state index in [0.717, 1.165) is 12.8 Å². The third kappa shape index (κ3) is 17.2. The van der Waals surface area contributed by atoms with Gasteiger partial charge in [-0.2, -0.15) is 0 Å². The number of hydrogen-bond acceptors (Lipinski definition) is 5. The van der Waals surface area contributed by atoms with Crippen molar-refractivity contribution in [1.82, 2.24) is 6.15 Å². The topological polar surface area (TPSA) is 102 Å². The van der Waals surface area contributed by atoms with Crippen LogP contribution in [0.1, 0.15) is 111 Å². The van der Waals surface area contributed by atoms with Crippen LogP contribution in [0, 0.1) is 5.41 Å². The van der Waals surface area contributed by atoms with Gasteiger partial charge in [-0.05, 0) is 11.8 Å². The number of carbonyl (C=O) groups is 1. The SMILES string of the molecule is CCCCCCCCCCCCCCCC(C)(C)C(O)COC(=O)CO.N.